The van der Waals surface area contributed by atoms with Gasteiger partial charge in [0.2, 0.25) is 5.82 Å². The molecule has 0 N–H and O–H groups in total. The highest BCUT2D eigenvalue weighted by molar-refractivity contribution is 5.98. The number of benzene rings is 2. The third-order valence-electron chi connectivity index (χ3n) is 2.72. The van der Waals surface area contributed by atoms with Gasteiger partial charge in [0, 0.05) is 5.56 Å². The number of carbonyl (C=O) groups is 1. The maximum absolute atomic E-state index is 13.3. The van der Waals surface area contributed by atoms with Crippen LogP contribution in [-0.2, 0) is 0 Å². The quantitative estimate of drug-likeness (QED) is 0.788. The topological polar surface area (TPSA) is 26.3 Å². The molecule has 2 rings (SSSR count). The van der Waals surface area contributed by atoms with Crippen LogP contribution in [0.5, 0.6) is 5.75 Å². The van der Waals surface area contributed by atoms with Crippen molar-refractivity contribution in [3.63, 3.8) is 0 Å². The number of hydrogen-bond acceptors (Lipinski definition) is 2. The molecule has 4 heteroatoms. The van der Waals surface area contributed by atoms with Gasteiger partial charge in [-0.25, -0.2) is 4.39 Å². The van der Waals surface area contributed by atoms with Crippen molar-refractivity contribution < 1.29 is 18.3 Å². The first kappa shape index (κ1) is 13.2. The van der Waals surface area contributed by atoms with Crippen molar-refractivity contribution in [3.05, 3.63) is 65.2 Å². The van der Waals surface area contributed by atoms with Gasteiger partial charge < -0.3 is 4.74 Å². The lowest BCUT2D eigenvalue weighted by molar-refractivity contribution is 0.0917. The fourth-order valence-corrected chi connectivity index (χ4v) is 1.70. The predicted octanol–water partition coefficient (Wildman–Crippen LogP) is 3.53. The summed E-state index contributed by atoms with van der Waals surface area (Å²) in [7, 11) is 0. The zero-order chi connectivity index (χ0) is 13.8. The predicted molar refractivity (Wildman–Crippen MR) is 67.4 cm³/mol. The number of rotatable bonds is 4. The van der Waals surface area contributed by atoms with Gasteiger partial charge in [-0.2, -0.15) is 4.39 Å². The molecular weight excluding hydrogens is 250 g/mol. The summed E-state index contributed by atoms with van der Waals surface area (Å²) in [5.74, 6) is -2.62. The van der Waals surface area contributed by atoms with Gasteiger partial charge in [-0.3, -0.25) is 4.79 Å². The molecule has 0 unspecified atom stereocenters. The minimum absolute atomic E-state index is 0.262. The third kappa shape index (κ3) is 2.96. The van der Waals surface area contributed by atoms with Crippen LogP contribution in [0.2, 0.25) is 0 Å². The van der Waals surface area contributed by atoms with Crippen molar-refractivity contribution in [2.24, 2.45) is 0 Å². The van der Waals surface area contributed by atoms with Crippen LogP contribution in [0, 0.1) is 18.6 Å². The Labute approximate surface area is 109 Å². The molecule has 0 saturated heterocycles. The van der Waals surface area contributed by atoms with E-state index in [1.165, 1.54) is 12.1 Å². The Hall–Kier alpha value is -2.23. The first-order valence-electron chi connectivity index (χ1n) is 5.75. The molecule has 2 aromatic carbocycles. The molecule has 0 atom stereocenters. The Morgan fingerprint density at radius 3 is 2.58 bits per heavy atom. The molecule has 0 amide bonds. The maximum Gasteiger partial charge on any atom is 0.200 e. The molecule has 0 aromatic heterocycles. The molecule has 0 aliphatic rings. The number of Topliss-reactive ketones (excluding diaryl/α,β-unsaturated/α-hetero) is 1. The summed E-state index contributed by atoms with van der Waals surface area (Å²) in [5.41, 5.74) is 1.33. The van der Waals surface area contributed by atoms with E-state index in [0.29, 0.717) is 5.56 Å². The Morgan fingerprint density at radius 2 is 1.84 bits per heavy atom. The summed E-state index contributed by atoms with van der Waals surface area (Å²) in [6.07, 6.45) is 0. The molecule has 0 aliphatic carbocycles. The van der Waals surface area contributed by atoms with Crippen molar-refractivity contribution in [3.8, 4) is 5.75 Å². The first-order valence-corrected chi connectivity index (χ1v) is 5.75. The summed E-state index contributed by atoms with van der Waals surface area (Å²) in [6, 6.07) is 10.6. The number of ether oxygens (including phenoxy) is 1. The summed E-state index contributed by atoms with van der Waals surface area (Å²) in [4.78, 5) is 11.9. The summed E-state index contributed by atoms with van der Waals surface area (Å²) in [6.45, 7) is 1.47. The van der Waals surface area contributed by atoms with Gasteiger partial charge in [0.05, 0.1) is 0 Å². The van der Waals surface area contributed by atoms with E-state index in [-0.39, 0.29) is 18.1 Å². The second-order valence-corrected chi connectivity index (χ2v) is 4.08. The van der Waals surface area contributed by atoms with Gasteiger partial charge in [-0.05, 0) is 24.6 Å². The second-order valence-electron chi connectivity index (χ2n) is 4.08. The van der Waals surface area contributed by atoms with Crippen LogP contribution >= 0.6 is 0 Å². The Morgan fingerprint density at radius 1 is 1.11 bits per heavy atom. The lowest BCUT2D eigenvalue weighted by atomic mass is 10.1. The average Bonchev–Trinajstić information content (AvgIpc) is 2.40. The van der Waals surface area contributed by atoms with E-state index in [4.69, 9.17) is 4.74 Å². The molecule has 0 fully saturated rings. The SMILES string of the molecule is Cc1ccccc1C(=O)COc1cccc(F)c1F. The summed E-state index contributed by atoms with van der Waals surface area (Å²) >= 11 is 0. The molecule has 0 spiro atoms. The van der Waals surface area contributed by atoms with Gasteiger partial charge >= 0.3 is 0 Å². The molecule has 0 aliphatic heterocycles. The zero-order valence-corrected chi connectivity index (χ0v) is 10.3. The van der Waals surface area contributed by atoms with Crippen LogP contribution in [0.4, 0.5) is 8.78 Å². The zero-order valence-electron chi connectivity index (χ0n) is 10.3. The van der Waals surface area contributed by atoms with Gasteiger partial charge in [0.25, 0.3) is 0 Å². The maximum atomic E-state index is 13.3. The van der Waals surface area contributed by atoms with Crippen molar-refractivity contribution in [2.75, 3.05) is 6.61 Å². The van der Waals surface area contributed by atoms with Crippen LogP contribution in [0.25, 0.3) is 0 Å². The van der Waals surface area contributed by atoms with Crippen LogP contribution in [-0.4, -0.2) is 12.4 Å². The van der Waals surface area contributed by atoms with E-state index in [1.807, 2.05) is 6.07 Å². The fraction of sp³-hybridized carbons (Fsp3) is 0.133. The Kier molecular flexibility index (Phi) is 3.90. The van der Waals surface area contributed by atoms with E-state index >= 15 is 0 Å². The van der Waals surface area contributed by atoms with Crippen LogP contribution in [0.3, 0.4) is 0 Å². The number of carbonyl (C=O) groups excluding carboxylic acids is 1. The molecule has 19 heavy (non-hydrogen) atoms. The van der Waals surface area contributed by atoms with Crippen LogP contribution in [0.15, 0.2) is 42.5 Å². The number of aryl methyl sites for hydroxylation is 1. The minimum Gasteiger partial charge on any atom is -0.482 e. The van der Waals surface area contributed by atoms with E-state index < -0.39 is 11.6 Å². The van der Waals surface area contributed by atoms with Gasteiger partial charge in [-0.1, -0.05) is 30.3 Å². The monoisotopic (exact) mass is 262 g/mol. The summed E-state index contributed by atoms with van der Waals surface area (Å²) < 4.78 is 31.3. The Balaban J connectivity index is 2.09. The highest BCUT2D eigenvalue weighted by Gasteiger charge is 2.13. The van der Waals surface area contributed by atoms with Crippen LogP contribution < -0.4 is 4.74 Å². The molecular formula is C15H12F2O2. The number of ketones is 1. The molecule has 0 heterocycles. The molecule has 0 saturated carbocycles. The first-order chi connectivity index (χ1) is 9.09. The van der Waals surface area contributed by atoms with Gasteiger partial charge in [0.15, 0.2) is 24.0 Å². The normalized spacial score (nSPS) is 10.3. The fourth-order valence-electron chi connectivity index (χ4n) is 1.70. The molecule has 0 bridgehead atoms. The second kappa shape index (κ2) is 5.61. The third-order valence-corrected chi connectivity index (χ3v) is 2.72. The van der Waals surface area contributed by atoms with E-state index in [0.717, 1.165) is 11.6 Å². The van der Waals surface area contributed by atoms with E-state index in [2.05, 4.69) is 0 Å². The molecule has 98 valence electrons. The molecule has 2 nitrogen and oxygen atoms in total. The lowest BCUT2D eigenvalue weighted by Gasteiger charge is -2.08. The van der Waals surface area contributed by atoms with E-state index in [9.17, 15) is 13.6 Å². The highest BCUT2D eigenvalue weighted by atomic mass is 19.2. The molecule has 0 radical (unpaired) electrons. The van der Waals surface area contributed by atoms with Crippen molar-refractivity contribution >= 4 is 5.78 Å². The molecule has 2 aromatic rings. The van der Waals surface area contributed by atoms with Crippen LogP contribution in [0.1, 0.15) is 15.9 Å². The van der Waals surface area contributed by atoms with Gasteiger partial charge in [-0.15, -0.1) is 0 Å². The Bertz CT molecular complexity index is 609. The lowest BCUT2D eigenvalue weighted by Crippen LogP contribution is -2.13. The smallest absolute Gasteiger partial charge is 0.200 e. The van der Waals surface area contributed by atoms with Crippen molar-refractivity contribution in [1.29, 1.82) is 0 Å². The minimum atomic E-state index is -1.08. The largest absolute Gasteiger partial charge is 0.482 e. The van der Waals surface area contributed by atoms with Crippen molar-refractivity contribution in [1.82, 2.24) is 0 Å². The van der Waals surface area contributed by atoms with E-state index in [1.54, 1.807) is 25.1 Å². The van der Waals surface area contributed by atoms with Crippen molar-refractivity contribution in [2.45, 2.75) is 6.92 Å². The number of hydrogen-bond donors (Lipinski definition) is 0. The highest BCUT2D eigenvalue weighted by Crippen LogP contribution is 2.19. The summed E-state index contributed by atoms with van der Waals surface area (Å²) in [5, 5.41) is 0. The van der Waals surface area contributed by atoms with Gasteiger partial charge in [0.1, 0.15) is 0 Å². The number of halogens is 2. The standard InChI is InChI=1S/C15H12F2O2/c1-10-5-2-3-6-11(10)13(18)9-19-14-8-4-7-12(16)15(14)17/h2-8H,9H2,1H3. The average molecular weight is 262 g/mol.